The largest absolute Gasteiger partial charge is 0.423 e. The van der Waals surface area contributed by atoms with E-state index in [9.17, 15) is 26.4 Å². The Morgan fingerprint density at radius 2 is 1.91 bits per heavy atom. The van der Waals surface area contributed by atoms with Crippen molar-refractivity contribution in [3.63, 3.8) is 0 Å². The summed E-state index contributed by atoms with van der Waals surface area (Å²) in [5.41, 5.74) is 0. The normalized spacial score (nSPS) is 14.7. The number of rotatable bonds is 3. The lowest BCUT2D eigenvalue weighted by Crippen LogP contribution is -2.36. The zero-order chi connectivity index (χ0) is 17.2. The van der Waals surface area contributed by atoms with Crippen molar-refractivity contribution in [3.05, 3.63) is 24.3 Å². The van der Waals surface area contributed by atoms with Crippen LogP contribution in [-0.4, -0.2) is 58.2 Å². The summed E-state index contributed by atoms with van der Waals surface area (Å²) in [6.07, 6.45) is -0.175. The number of para-hydroxylation sites is 1. The quantitative estimate of drug-likeness (QED) is 0.757. The van der Waals surface area contributed by atoms with Crippen LogP contribution in [0.25, 0.3) is 0 Å². The third-order valence-corrected chi connectivity index (χ3v) is 4.29. The molecule has 2 rings (SSSR count). The number of hydrogen-bond acceptors (Lipinski definition) is 8. The number of sulfone groups is 1. The predicted molar refractivity (Wildman–Crippen MR) is 75.7 cm³/mol. The Morgan fingerprint density at radius 1 is 1.26 bits per heavy atom. The third-order valence-electron chi connectivity index (χ3n) is 2.82. The maximum atomic E-state index is 12.0. The number of imide groups is 1. The lowest BCUT2D eigenvalue weighted by Gasteiger charge is -2.14. The molecule has 1 aliphatic rings. The molecule has 10 nitrogen and oxygen atoms in total. The molecule has 1 fully saturated rings. The Balaban J connectivity index is 2.22. The first-order chi connectivity index (χ1) is 10.7. The first kappa shape index (κ1) is 16.9. The molecular formula is C11H11N3O7S2. The minimum absolute atomic E-state index is 0.115. The summed E-state index contributed by atoms with van der Waals surface area (Å²) in [5.74, 6) is -0.226. The van der Waals surface area contributed by atoms with Gasteiger partial charge in [-0.1, -0.05) is 12.1 Å². The molecule has 0 saturated carbocycles. The Kier molecular flexibility index (Phi) is 4.65. The second-order valence-electron chi connectivity index (χ2n) is 4.44. The minimum atomic E-state index is -3.63. The fourth-order valence-corrected chi connectivity index (χ4v) is 2.95. The van der Waals surface area contributed by atoms with E-state index in [1.165, 1.54) is 24.3 Å². The van der Waals surface area contributed by atoms with Gasteiger partial charge in [0.2, 0.25) is 0 Å². The number of urea groups is 1. The molecule has 3 amide bonds. The molecule has 1 aliphatic heterocycles. The molecule has 1 aromatic carbocycles. The van der Waals surface area contributed by atoms with Crippen molar-refractivity contribution in [2.75, 3.05) is 19.3 Å². The standard InChI is InChI=1S/C11H11N3O7S2/c1-23(19,20)9-5-3-2-4-8(9)21-11(16)13-6-7-14(10(13)15)12-22(17)18/h2-5H,6-7H2,1H3. The van der Waals surface area contributed by atoms with Gasteiger partial charge in [0.05, 0.1) is 13.1 Å². The van der Waals surface area contributed by atoms with Crippen molar-refractivity contribution in [2.45, 2.75) is 4.90 Å². The first-order valence-corrected chi connectivity index (χ1v) is 9.03. The number of hydrogen-bond donors (Lipinski definition) is 0. The van der Waals surface area contributed by atoms with Gasteiger partial charge >= 0.3 is 22.6 Å². The molecule has 0 bridgehead atoms. The van der Waals surface area contributed by atoms with E-state index in [0.717, 1.165) is 6.26 Å². The highest BCUT2D eigenvalue weighted by molar-refractivity contribution is 7.90. The van der Waals surface area contributed by atoms with Crippen LogP contribution in [0, 0.1) is 0 Å². The van der Waals surface area contributed by atoms with Gasteiger partial charge in [-0.25, -0.2) is 22.9 Å². The minimum Gasteiger partial charge on any atom is -0.408 e. The van der Waals surface area contributed by atoms with Crippen molar-refractivity contribution in [1.82, 2.24) is 9.91 Å². The summed E-state index contributed by atoms with van der Waals surface area (Å²) in [4.78, 5) is 24.2. The Hall–Kier alpha value is -2.47. The number of amides is 3. The molecule has 0 spiro atoms. The van der Waals surface area contributed by atoms with Gasteiger partial charge < -0.3 is 4.74 Å². The van der Waals surface area contributed by atoms with E-state index in [1.807, 2.05) is 0 Å². The molecule has 0 radical (unpaired) electrons. The SMILES string of the molecule is CS(=O)(=O)c1ccccc1OC(=O)N1CCN(N=S(=O)=O)C1=O. The summed E-state index contributed by atoms with van der Waals surface area (Å²) in [5, 5.41) is 0.590. The topological polar surface area (TPSA) is 130 Å². The summed E-state index contributed by atoms with van der Waals surface area (Å²) in [7, 11) is -6.47. The molecular weight excluding hydrogens is 350 g/mol. The van der Waals surface area contributed by atoms with E-state index in [4.69, 9.17) is 4.74 Å². The van der Waals surface area contributed by atoms with Crippen LogP contribution >= 0.6 is 0 Å². The lowest BCUT2D eigenvalue weighted by atomic mass is 10.3. The van der Waals surface area contributed by atoms with Gasteiger partial charge in [-0.3, -0.25) is 0 Å². The van der Waals surface area contributed by atoms with Gasteiger partial charge in [-0.15, -0.1) is 0 Å². The fraction of sp³-hybridized carbons (Fsp3) is 0.273. The van der Waals surface area contributed by atoms with Gasteiger partial charge in [0.25, 0.3) is 0 Å². The van der Waals surface area contributed by atoms with E-state index in [2.05, 4.69) is 4.47 Å². The van der Waals surface area contributed by atoms with Crippen molar-refractivity contribution in [1.29, 1.82) is 0 Å². The van der Waals surface area contributed by atoms with Crippen LogP contribution in [0.4, 0.5) is 9.59 Å². The molecule has 23 heavy (non-hydrogen) atoms. The van der Waals surface area contributed by atoms with Gasteiger partial charge in [-0.05, 0) is 16.6 Å². The highest BCUT2D eigenvalue weighted by Gasteiger charge is 2.35. The molecule has 1 heterocycles. The molecule has 12 heteroatoms. The van der Waals surface area contributed by atoms with Crippen LogP contribution in [-0.2, 0) is 20.3 Å². The number of ether oxygens (including phenoxy) is 1. The smallest absolute Gasteiger partial charge is 0.408 e. The average Bonchev–Trinajstić information content (AvgIpc) is 2.79. The maximum Gasteiger partial charge on any atom is 0.423 e. The summed E-state index contributed by atoms with van der Waals surface area (Å²) in [6, 6.07) is 4.47. The number of carbonyl (C=O) groups is 2. The van der Waals surface area contributed by atoms with Gasteiger partial charge in [0.15, 0.2) is 15.6 Å². The zero-order valence-corrected chi connectivity index (χ0v) is 13.4. The predicted octanol–water partition coefficient (Wildman–Crippen LogP) is 0.304. The van der Waals surface area contributed by atoms with Crippen LogP contribution in [0.3, 0.4) is 0 Å². The summed E-state index contributed by atoms with van der Waals surface area (Å²) in [6.45, 7) is -0.255. The maximum absolute atomic E-state index is 12.0. The van der Waals surface area contributed by atoms with Gasteiger partial charge in [0, 0.05) is 6.26 Å². The van der Waals surface area contributed by atoms with E-state index < -0.39 is 32.5 Å². The third kappa shape index (κ3) is 3.84. The van der Waals surface area contributed by atoms with Crippen molar-refractivity contribution < 1.29 is 31.2 Å². The highest BCUT2D eigenvalue weighted by atomic mass is 32.2. The van der Waals surface area contributed by atoms with Crippen LogP contribution < -0.4 is 4.74 Å². The first-order valence-electron chi connectivity index (χ1n) is 6.11. The van der Waals surface area contributed by atoms with E-state index in [1.54, 1.807) is 0 Å². The molecule has 124 valence electrons. The van der Waals surface area contributed by atoms with E-state index in [-0.39, 0.29) is 23.7 Å². The average molecular weight is 361 g/mol. The Bertz CT molecular complexity index is 884. The number of carbonyl (C=O) groups excluding carboxylic acids is 2. The molecule has 0 atom stereocenters. The molecule has 1 saturated heterocycles. The van der Waals surface area contributed by atoms with Crippen LogP contribution in [0.2, 0.25) is 0 Å². The van der Waals surface area contributed by atoms with Crippen LogP contribution in [0.1, 0.15) is 0 Å². The molecule has 1 aromatic rings. The number of benzene rings is 1. The van der Waals surface area contributed by atoms with Crippen molar-refractivity contribution in [3.8, 4) is 5.75 Å². The lowest BCUT2D eigenvalue weighted by molar-refractivity contribution is 0.157. The fourth-order valence-electron chi connectivity index (χ4n) is 1.84. The molecule has 0 N–H and O–H groups in total. The van der Waals surface area contributed by atoms with Crippen molar-refractivity contribution >= 4 is 32.5 Å². The summed E-state index contributed by atoms with van der Waals surface area (Å²) < 4.78 is 52.1. The van der Waals surface area contributed by atoms with E-state index in [0.29, 0.717) is 9.91 Å². The Labute approximate surface area is 132 Å². The second-order valence-corrected chi connectivity index (χ2v) is 7.02. The van der Waals surface area contributed by atoms with Gasteiger partial charge in [0.1, 0.15) is 4.90 Å². The van der Waals surface area contributed by atoms with Crippen LogP contribution in [0.15, 0.2) is 33.6 Å². The zero-order valence-electron chi connectivity index (χ0n) is 11.7. The van der Waals surface area contributed by atoms with Crippen LogP contribution in [0.5, 0.6) is 5.75 Å². The monoisotopic (exact) mass is 361 g/mol. The van der Waals surface area contributed by atoms with Crippen molar-refractivity contribution in [2.24, 2.45) is 4.47 Å². The highest BCUT2D eigenvalue weighted by Crippen LogP contribution is 2.24. The summed E-state index contributed by atoms with van der Waals surface area (Å²) >= 11 is 0. The molecule has 0 aliphatic carbocycles. The van der Waals surface area contributed by atoms with E-state index >= 15 is 0 Å². The molecule has 0 aromatic heterocycles. The Morgan fingerprint density at radius 3 is 2.52 bits per heavy atom. The molecule has 0 unspecified atom stereocenters. The van der Waals surface area contributed by atoms with Gasteiger partial charge in [-0.2, -0.15) is 13.4 Å². The number of nitrogens with zero attached hydrogens (tertiary/aromatic N) is 3. The second kappa shape index (κ2) is 6.34.